The normalized spacial score (nSPS) is 19.9. The molecule has 1 saturated heterocycles. The number of carbonyl (C=O) groups is 1. The van der Waals surface area contributed by atoms with Crippen molar-refractivity contribution >= 4 is 27.6 Å². The minimum absolute atomic E-state index is 0.0698. The maximum absolute atomic E-state index is 12.6. The van der Waals surface area contributed by atoms with Crippen LogP contribution >= 0.6 is 11.6 Å². The van der Waals surface area contributed by atoms with Crippen LogP contribution in [0.3, 0.4) is 0 Å². The Balaban J connectivity index is 2.43. The summed E-state index contributed by atoms with van der Waals surface area (Å²) in [5.41, 5.74) is 0.282. The first kappa shape index (κ1) is 15.8. The molecule has 0 saturated carbocycles. The van der Waals surface area contributed by atoms with Crippen molar-refractivity contribution < 1.29 is 18.3 Å². The number of carboxylic acids is 1. The average molecular weight is 327 g/mol. The zero-order valence-electron chi connectivity index (χ0n) is 11.0. The number of sulfonamides is 1. The minimum atomic E-state index is -3.92. The van der Waals surface area contributed by atoms with E-state index in [1.54, 1.807) is 0 Å². The highest BCUT2D eigenvalue weighted by molar-refractivity contribution is 7.89. The molecule has 1 atom stereocenters. The van der Waals surface area contributed by atoms with Crippen LogP contribution in [0.5, 0.6) is 0 Å². The Morgan fingerprint density at radius 3 is 2.71 bits per heavy atom. The molecule has 1 aliphatic heterocycles. The lowest BCUT2D eigenvalue weighted by molar-refractivity contribution is -0.142. The van der Waals surface area contributed by atoms with Gasteiger partial charge in [-0.15, -0.1) is 0 Å². The van der Waals surface area contributed by atoms with Crippen molar-refractivity contribution in [2.45, 2.75) is 30.2 Å². The molecule has 1 fully saturated rings. The Morgan fingerprint density at radius 2 is 2.14 bits per heavy atom. The van der Waals surface area contributed by atoms with E-state index in [9.17, 15) is 18.3 Å². The van der Waals surface area contributed by atoms with E-state index >= 15 is 0 Å². The molecule has 1 aromatic rings. The van der Waals surface area contributed by atoms with E-state index in [2.05, 4.69) is 5.92 Å². The van der Waals surface area contributed by atoms with Crippen molar-refractivity contribution in [3.8, 4) is 5.92 Å². The summed E-state index contributed by atoms with van der Waals surface area (Å²) in [7, 11) is -3.92. The van der Waals surface area contributed by atoms with E-state index in [0.29, 0.717) is 19.3 Å². The average Bonchev–Trinajstić information content (AvgIpc) is 2.47. The number of aliphatic carboxylic acids is 1. The van der Waals surface area contributed by atoms with E-state index in [1.807, 2.05) is 0 Å². The molecular formula is C14H13ClNO4S. The Labute approximate surface area is 128 Å². The molecule has 0 bridgehead atoms. The fourth-order valence-electron chi connectivity index (χ4n) is 2.33. The predicted molar refractivity (Wildman–Crippen MR) is 76.9 cm³/mol. The molecular weight excluding hydrogens is 314 g/mol. The van der Waals surface area contributed by atoms with Gasteiger partial charge in [-0.3, -0.25) is 4.79 Å². The fourth-order valence-corrected chi connectivity index (χ4v) is 4.30. The highest BCUT2D eigenvalue weighted by Gasteiger charge is 2.37. The summed E-state index contributed by atoms with van der Waals surface area (Å²) in [4.78, 5) is 11.2. The van der Waals surface area contributed by atoms with Crippen molar-refractivity contribution in [1.29, 1.82) is 0 Å². The molecule has 1 heterocycles. The van der Waals surface area contributed by atoms with Gasteiger partial charge in [0.1, 0.15) is 6.04 Å². The molecule has 5 nitrogen and oxygen atoms in total. The van der Waals surface area contributed by atoms with Gasteiger partial charge in [-0.25, -0.2) is 8.42 Å². The van der Waals surface area contributed by atoms with Crippen LogP contribution in [0.15, 0.2) is 23.1 Å². The molecule has 1 N–H and O–H groups in total. The van der Waals surface area contributed by atoms with E-state index in [4.69, 9.17) is 18.0 Å². The maximum Gasteiger partial charge on any atom is 0.322 e. The van der Waals surface area contributed by atoms with Crippen molar-refractivity contribution in [2.75, 3.05) is 6.54 Å². The second kappa shape index (κ2) is 6.06. The summed E-state index contributed by atoms with van der Waals surface area (Å²) < 4.78 is 26.2. The number of carboxylic acid groups (broad SMARTS) is 1. The third kappa shape index (κ3) is 3.05. The van der Waals surface area contributed by atoms with Gasteiger partial charge in [0.05, 0.1) is 9.92 Å². The van der Waals surface area contributed by atoms with Gasteiger partial charge in [0.2, 0.25) is 10.0 Å². The molecule has 0 amide bonds. The highest BCUT2D eigenvalue weighted by Crippen LogP contribution is 2.28. The highest BCUT2D eigenvalue weighted by atomic mass is 35.5. The number of hydrogen-bond acceptors (Lipinski definition) is 3. The summed E-state index contributed by atoms with van der Waals surface area (Å²) in [6.45, 7) is 0.176. The Kier molecular flexibility index (Phi) is 4.57. The summed E-state index contributed by atoms with van der Waals surface area (Å²) in [5.74, 6) is 0.951. The van der Waals surface area contributed by atoms with Gasteiger partial charge < -0.3 is 5.11 Å². The van der Waals surface area contributed by atoms with Gasteiger partial charge in [0.25, 0.3) is 0 Å². The smallest absolute Gasteiger partial charge is 0.322 e. The Morgan fingerprint density at radius 1 is 1.43 bits per heavy atom. The summed E-state index contributed by atoms with van der Waals surface area (Å²) in [6, 6.07) is 2.87. The quantitative estimate of drug-likeness (QED) is 0.861. The second-order valence-corrected chi connectivity index (χ2v) is 7.03. The number of rotatable bonds is 3. The van der Waals surface area contributed by atoms with Crippen LogP contribution in [-0.4, -0.2) is 36.4 Å². The molecule has 1 aliphatic rings. The summed E-state index contributed by atoms with van der Waals surface area (Å²) in [6.07, 6.45) is 8.64. The number of piperidine rings is 1. The second-order valence-electron chi connectivity index (χ2n) is 4.73. The van der Waals surface area contributed by atoms with Crippen molar-refractivity contribution in [1.82, 2.24) is 4.31 Å². The number of hydrogen-bond donors (Lipinski definition) is 1. The van der Waals surface area contributed by atoms with E-state index in [1.165, 1.54) is 18.2 Å². The molecule has 1 radical (unpaired) electrons. The lowest BCUT2D eigenvalue weighted by atomic mass is 10.1. The lowest BCUT2D eigenvalue weighted by Gasteiger charge is -2.31. The molecule has 0 aromatic heterocycles. The summed E-state index contributed by atoms with van der Waals surface area (Å²) >= 11 is 5.89. The van der Waals surface area contributed by atoms with Crippen LogP contribution in [0, 0.1) is 12.3 Å². The van der Waals surface area contributed by atoms with E-state index < -0.39 is 22.0 Å². The monoisotopic (exact) mass is 326 g/mol. The zero-order chi connectivity index (χ0) is 15.6. The van der Waals surface area contributed by atoms with Crippen molar-refractivity contribution in [2.24, 2.45) is 0 Å². The third-order valence-electron chi connectivity index (χ3n) is 3.42. The van der Waals surface area contributed by atoms with E-state index in [0.717, 1.165) is 4.31 Å². The van der Waals surface area contributed by atoms with Crippen LogP contribution in [0.25, 0.3) is 0 Å². The van der Waals surface area contributed by atoms with Crippen molar-refractivity contribution in [3.05, 3.63) is 35.2 Å². The molecule has 21 heavy (non-hydrogen) atoms. The van der Waals surface area contributed by atoms with Crippen molar-refractivity contribution in [3.63, 3.8) is 0 Å². The molecule has 0 aliphatic carbocycles. The van der Waals surface area contributed by atoms with Gasteiger partial charge >= 0.3 is 5.97 Å². The lowest BCUT2D eigenvalue weighted by Crippen LogP contribution is -2.47. The molecule has 7 heteroatoms. The number of nitrogens with zero attached hydrogens (tertiary/aromatic N) is 1. The molecule has 0 unspecified atom stereocenters. The van der Waals surface area contributed by atoms with Crippen LogP contribution < -0.4 is 0 Å². The first-order valence-electron chi connectivity index (χ1n) is 6.35. The summed E-state index contributed by atoms with van der Waals surface area (Å²) in [5, 5.41) is 9.28. The van der Waals surface area contributed by atoms with Gasteiger partial charge in [-0.2, -0.15) is 4.31 Å². The largest absolute Gasteiger partial charge is 0.480 e. The van der Waals surface area contributed by atoms with Crippen LogP contribution in [-0.2, 0) is 14.8 Å². The van der Waals surface area contributed by atoms with Crippen LogP contribution in [0.2, 0.25) is 5.02 Å². The van der Waals surface area contributed by atoms with Gasteiger partial charge in [-0.1, -0.05) is 17.5 Å². The fraction of sp³-hybridized carbons (Fsp3) is 0.357. The predicted octanol–water partition coefficient (Wildman–Crippen LogP) is 1.91. The Hall–Kier alpha value is -1.55. The number of benzene rings is 1. The van der Waals surface area contributed by atoms with Gasteiger partial charge in [0, 0.05) is 12.1 Å². The first-order valence-corrected chi connectivity index (χ1v) is 8.16. The topological polar surface area (TPSA) is 74.7 Å². The van der Waals surface area contributed by atoms with Crippen LogP contribution in [0.1, 0.15) is 24.8 Å². The number of halogens is 1. The molecule has 1 aromatic carbocycles. The Bertz CT molecular complexity index is 708. The third-order valence-corrected chi connectivity index (χ3v) is 5.64. The maximum atomic E-state index is 12.6. The SMILES string of the molecule is [C]#Cc1ccc(S(=O)(=O)N2CCCC[C@H]2C(=O)O)cc1Cl. The molecule has 0 spiro atoms. The molecule has 2 rings (SSSR count). The molecule has 111 valence electrons. The zero-order valence-corrected chi connectivity index (χ0v) is 12.6. The van der Waals surface area contributed by atoms with Crippen LogP contribution in [0.4, 0.5) is 0 Å². The first-order chi connectivity index (χ1) is 9.87. The minimum Gasteiger partial charge on any atom is -0.480 e. The van der Waals surface area contributed by atoms with Gasteiger partial charge in [0.15, 0.2) is 0 Å². The van der Waals surface area contributed by atoms with E-state index in [-0.39, 0.29) is 22.0 Å². The van der Waals surface area contributed by atoms with Gasteiger partial charge in [-0.05, 0) is 43.9 Å². The standard InChI is InChI=1S/C14H13ClNO4S/c1-2-10-6-7-11(9-12(10)15)21(19,20)16-8-4-3-5-13(16)14(17)18/h6-7,9,13H,3-5,8H2,(H,17,18)/t13-/m0/s1.